The molecule has 0 bridgehead atoms. The second kappa shape index (κ2) is 44.8. The normalized spacial score (nSPS) is 12.2. The summed E-state index contributed by atoms with van der Waals surface area (Å²) in [5.41, 5.74) is 23.4. The summed E-state index contributed by atoms with van der Waals surface area (Å²) in [6.45, 7) is 4.55. The molecule has 0 aromatic heterocycles. The van der Waals surface area contributed by atoms with E-state index in [0.29, 0.717) is 31.6 Å². The Bertz CT molecular complexity index is 4020. The first-order valence-corrected chi connectivity index (χ1v) is 36.3. The van der Waals surface area contributed by atoms with Gasteiger partial charge in [-0.25, -0.2) is 4.79 Å². The lowest BCUT2D eigenvalue weighted by atomic mass is 9.98. The Morgan fingerprint density at radius 3 is 1.20 bits per heavy atom. The minimum Gasteiger partial charge on any atom is -0.481 e. The van der Waals surface area contributed by atoms with Crippen molar-refractivity contribution in [3.8, 4) is 44.5 Å². The molecule has 5 N–H and O–H groups in total. The van der Waals surface area contributed by atoms with E-state index in [1.807, 2.05) is 166 Å². The molecule has 12 rings (SSSR count). The molecule has 2 aliphatic rings. The number of carbonyl (C=O) groups excluding carboxylic acids is 4. The summed E-state index contributed by atoms with van der Waals surface area (Å²) in [4.78, 5) is 57.5. The number of carboxylic acid groups (broad SMARTS) is 1. The number of hydrogen-bond acceptors (Lipinski definition) is 6. The molecule has 2 aliphatic carbocycles. The molecule has 10 heteroatoms. The number of aryl methyl sites for hydroxylation is 2. The summed E-state index contributed by atoms with van der Waals surface area (Å²) in [5.74, 6) is -0.0138. The first-order valence-electron chi connectivity index (χ1n) is 35.5. The van der Waals surface area contributed by atoms with Gasteiger partial charge in [0.15, 0.2) is 11.6 Å². The van der Waals surface area contributed by atoms with Crippen LogP contribution in [0.4, 0.5) is 16.2 Å². The number of hydrogen-bond donors (Lipinski definition) is 4. The number of allylic oxidation sites excluding steroid dienone is 2. The molecule has 10 aromatic carbocycles. The number of amides is 2. The maximum Gasteiger partial charge on any atom is 0.319 e. The maximum atomic E-state index is 12.4. The minimum absolute atomic E-state index is 0.120. The van der Waals surface area contributed by atoms with Gasteiger partial charge in [0.1, 0.15) is 5.78 Å². The Kier molecular flexibility index (Phi) is 34.6. The number of carbonyl (C=O) groups is 5. The largest absolute Gasteiger partial charge is 0.481 e. The van der Waals surface area contributed by atoms with E-state index in [9.17, 15) is 24.0 Å². The van der Waals surface area contributed by atoms with Gasteiger partial charge in [0.2, 0.25) is 0 Å². The highest BCUT2D eigenvalue weighted by atomic mass is 79.9. The van der Waals surface area contributed by atoms with Gasteiger partial charge in [0.25, 0.3) is 0 Å². The van der Waals surface area contributed by atoms with Gasteiger partial charge in [-0.1, -0.05) is 297 Å². The maximum absolute atomic E-state index is 12.4. The summed E-state index contributed by atoms with van der Waals surface area (Å²) in [7, 11) is 0. The minimum atomic E-state index is -0.775. The average molecular weight is 1400 g/mol. The second-order valence-corrected chi connectivity index (χ2v) is 26.1. The summed E-state index contributed by atoms with van der Waals surface area (Å²) < 4.78 is 1.12. The highest BCUT2D eigenvalue weighted by Gasteiger charge is 2.11. The van der Waals surface area contributed by atoms with Crippen molar-refractivity contribution in [1.82, 2.24) is 5.32 Å². The van der Waals surface area contributed by atoms with Crippen LogP contribution in [0.15, 0.2) is 277 Å². The first kappa shape index (κ1) is 77.3. The molecule has 9 nitrogen and oxygen atoms in total. The molecule has 0 atom stereocenters. The predicted octanol–water partition coefficient (Wildman–Crippen LogP) is 24.1. The van der Waals surface area contributed by atoms with Crippen LogP contribution in [0.5, 0.6) is 0 Å². The number of carboxylic acids is 1. The number of urea groups is 1. The van der Waals surface area contributed by atoms with Gasteiger partial charge in [-0.3, -0.25) is 19.2 Å². The topological polar surface area (TPSA) is 156 Å². The third kappa shape index (κ3) is 29.2. The van der Waals surface area contributed by atoms with Crippen LogP contribution in [0, 0.1) is 13.8 Å². The van der Waals surface area contributed by atoms with Crippen molar-refractivity contribution >= 4 is 62.2 Å². The number of rotatable bonds is 20. The highest BCUT2D eigenvalue weighted by Crippen LogP contribution is 2.29. The molecular formula is C90H98BrN3O6. The lowest BCUT2D eigenvalue weighted by Crippen LogP contribution is -2.29. The molecule has 1 fully saturated rings. The average Bonchev–Trinajstić information content (AvgIpc) is 0.996. The SMILES string of the molecule is Brc1ccc(-c2ccccc2)cc1.C1=C(c2ccc(-c3ccccc3)cc2)CCCCC1.Cc1ccccc1N.Cc1ccccc1NC(=O)NCCCCCC(=O)c1ccc(-c2ccccc2)cc1.O=C(O)CCCCCC(=O)c1ccc(-c2ccccc2)cc1.O=C1CCCCCC1. The van der Waals surface area contributed by atoms with Crippen molar-refractivity contribution in [2.45, 2.75) is 142 Å². The molecule has 10 aromatic rings. The van der Waals surface area contributed by atoms with Crippen LogP contribution in [0.1, 0.15) is 166 Å². The van der Waals surface area contributed by atoms with Crippen LogP contribution >= 0.6 is 15.9 Å². The number of nitrogens with two attached hydrogens (primary N) is 1. The molecular weight excluding hydrogens is 1300 g/mol. The summed E-state index contributed by atoms with van der Waals surface area (Å²) in [6, 6.07) is 89.3. The van der Waals surface area contributed by atoms with Crippen molar-refractivity contribution in [3.63, 3.8) is 0 Å². The number of benzene rings is 10. The molecule has 2 amide bonds. The van der Waals surface area contributed by atoms with Gasteiger partial charge >= 0.3 is 12.0 Å². The van der Waals surface area contributed by atoms with E-state index >= 15 is 0 Å². The Morgan fingerprint density at radius 1 is 0.390 bits per heavy atom. The van der Waals surface area contributed by atoms with E-state index in [4.69, 9.17) is 10.8 Å². The fourth-order valence-electron chi connectivity index (χ4n) is 11.4. The molecule has 0 spiro atoms. The standard InChI is InChI=1S/C26H28N2O2.C19H20O3.C19H20.C12H9Br.C7H9N.C7H12O/c1-20-10-7-8-13-24(20)28-26(30)27-19-9-3-6-14-25(29)23-17-15-22(16-18-23)21-11-4-2-5-12-21;20-18(9-5-2-6-10-19(21)22)17-13-11-16(12-14-17)15-7-3-1-4-8-15;1-2-5-9-16(8-4-1)18-12-14-19(15-13-18)17-10-6-3-7-11-17;13-12-8-6-11(7-9-12)10-4-2-1-3-5-10;1-6-4-2-3-5-7(6)8;8-7-5-3-1-2-4-6-7/h2,4-5,7-8,10-13,15-18H,3,6,9,14,19H2,1H3,(H2,27,28,30);1,3-4,7-8,11-14H,2,5-6,9-10H2,(H,21,22);3,6-8,10-15H,1-2,4-5,9H2;1-9H;2-5H,8H2,1H3;1-6H2. The van der Waals surface area contributed by atoms with Gasteiger partial charge in [0.05, 0.1) is 0 Å². The Balaban J connectivity index is 0.000000178. The van der Waals surface area contributed by atoms with Crippen LogP contribution in [-0.4, -0.2) is 41.0 Å². The van der Waals surface area contributed by atoms with Crippen molar-refractivity contribution in [2.75, 3.05) is 17.6 Å². The monoisotopic (exact) mass is 1400 g/mol. The molecule has 0 unspecified atom stereocenters. The first-order chi connectivity index (χ1) is 48.8. The van der Waals surface area contributed by atoms with E-state index < -0.39 is 5.97 Å². The predicted molar refractivity (Wildman–Crippen MR) is 421 cm³/mol. The van der Waals surface area contributed by atoms with Gasteiger partial charge in [-0.15, -0.1) is 0 Å². The number of anilines is 2. The molecule has 0 radical (unpaired) electrons. The Labute approximate surface area is 602 Å². The van der Waals surface area contributed by atoms with Crippen LogP contribution in [0.3, 0.4) is 0 Å². The van der Waals surface area contributed by atoms with Gasteiger partial charge in [-0.2, -0.15) is 0 Å². The second-order valence-electron chi connectivity index (χ2n) is 25.1. The fourth-order valence-corrected chi connectivity index (χ4v) is 11.7. The molecule has 516 valence electrons. The Morgan fingerprint density at radius 2 is 0.760 bits per heavy atom. The zero-order valence-electron chi connectivity index (χ0n) is 58.3. The number of nitrogen functional groups attached to an aromatic ring is 1. The van der Waals surface area contributed by atoms with Gasteiger partial charge in [0, 0.05) is 65.6 Å². The van der Waals surface area contributed by atoms with E-state index in [1.54, 1.807) is 0 Å². The van der Waals surface area contributed by atoms with Crippen molar-refractivity contribution in [3.05, 3.63) is 305 Å². The number of unbranched alkanes of at least 4 members (excludes halogenated alkanes) is 4. The fraction of sp³-hybridized carbons (Fsp3) is 0.256. The number of halogens is 1. The molecule has 100 heavy (non-hydrogen) atoms. The van der Waals surface area contributed by atoms with Crippen LogP contribution in [-0.2, 0) is 9.59 Å². The van der Waals surface area contributed by atoms with E-state index in [2.05, 4.69) is 148 Å². The van der Waals surface area contributed by atoms with Crippen molar-refractivity contribution in [2.24, 2.45) is 0 Å². The third-order valence-electron chi connectivity index (χ3n) is 17.4. The zero-order valence-corrected chi connectivity index (χ0v) is 59.9. The van der Waals surface area contributed by atoms with Crippen LogP contribution in [0.2, 0.25) is 0 Å². The number of nitrogens with one attached hydrogen (secondary N) is 2. The number of aliphatic carboxylic acids is 1. The molecule has 0 aliphatic heterocycles. The lowest BCUT2D eigenvalue weighted by Gasteiger charge is -2.09. The van der Waals surface area contributed by atoms with Crippen molar-refractivity contribution < 1.29 is 29.1 Å². The molecule has 0 saturated heterocycles. The summed E-state index contributed by atoms with van der Waals surface area (Å²) in [5, 5.41) is 14.3. The van der Waals surface area contributed by atoms with E-state index in [-0.39, 0.29) is 24.0 Å². The molecule has 1 saturated carbocycles. The molecule has 0 heterocycles. The van der Waals surface area contributed by atoms with Gasteiger partial charge < -0.3 is 21.5 Å². The summed E-state index contributed by atoms with van der Waals surface area (Å²) in [6.07, 6.45) is 21.4. The smallest absolute Gasteiger partial charge is 0.319 e. The van der Waals surface area contributed by atoms with Crippen molar-refractivity contribution in [1.29, 1.82) is 0 Å². The van der Waals surface area contributed by atoms with E-state index in [0.717, 1.165) is 118 Å². The number of ketones is 3. The highest BCUT2D eigenvalue weighted by molar-refractivity contribution is 9.10. The Hall–Kier alpha value is -10.0. The zero-order chi connectivity index (χ0) is 70.8. The lowest BCUT2D eigenvalue weighted by molar-refractivity contribution is -0.137. The quantitative estimate of drug-likeness (QED) is 0.0256. The van der Waals surface area contributed by atoms with E-state index in [1.165, 1.54) is 78.3 Å². The summed E-state index contributed by atoms with van der Waals surface area (Å²) >= 11 is 3.42. The third-order valence-corrected chi connectivity index (χ3v) is 17.9. The number of para-hydroxylation sites is 2. The van der Waals surface area contributed by atoms with Gasteiger partial charge in [-0.05, 0) is 169 Å². The van der Waals surface area contributed by atoms with Crippen LogP contribution in [0.25, 0.3) is 50.1 Å². The van der Waals surface area contributed by atoms with Crippen LogP contribution < -0.4 is 16.4 Å². The number of Topliss-reactive ketones (excluding diaryl/α,β-unsaturated/α-hetero) is 3.